The van der Waals surface area contributed by atoms with Crippen molar-refractivity contribution in [2.75, 3.05) is 0 Å². The number of hydrogen-bond donors (Lipinski definition) is 0. The highest BCUT2D eigenvalue weighted by Gasteiger charge is 1.98. The molecule has 0 nitrogen and oxygen atoms in total. The van der Waals surface area contributed by atoms with Gasteiger partial charge in [-0.2, -0.15) is 0 Å². The Morgan fingerprint density at radius 3 is 2.27 bits per heavy atom. The van der Waals surface area contributed by atoms with Gasteiger partial charge in [-0.05, 0) is 23.0 Å². The Labute approximate surface area is 95.0 Å². The predicted molar refractivity (Wildman–Crippen MR) is 71.1 cm³/mol. The molecular formula is C15H24. The quantitative estimate of drug-likeness (QED) is 0.641. The van der Waals surface area contributed by atoms with E-state index in [1.807, 2.05) is 0 Å². The zero-order valence-electron chi connectivity index (χ0n) is 9.62. The van der Waals surface area contributed by atoms with E-state index in [1.54, 1.807) is 0 Å². The van der Waals surface area contributed by atoms with Gasteiger partial charge in [0.2, 0.25) is 0 Å². The first-order chi connectivity index (χ1) is 6.59. The van der Waals surface area contributed by atoms with Gasteiger partial charge in [0.05, 0.1) is 0 Å². The van der Waals surface area contributed by atoms with Crippen LogP contribution in [-0.4, -0.2) is 0 Å². The fourth-order valence-electron chi connectivity index (χ4n) is 1.33. The molecule has 1 rings (SSSR count). The van der Waals surface area contributed by atoms with Crippen LogP contribution >= 0.6 is 0 Å². The molecule has 0 unspecified atom stereocenters. The van der Waals surface area contributed by atoms with Gasteiger partial charge in [0.25, 0.3) is 0 Å². The van der Waals surface area contributed by atoms with Gasteiger partial charge in [-0.25, -0.2) is 0 Å². The van der Waals surface area contributed by atoms with Gasteiger partial charge in [0, 0.05) is 0 Å². The van der Waals surface area contributed by atoms with E-state index in [4.69, 9.17) is 0 Å². The summed E-state index contributed by atoms with van der Waals surface area (Å²) in [4.78, 5) is 0. The van der Waals surface area contributed by atoms with E-state index >= 15 is 0 Å². The van der Waals surface area contributed by atoms with Gasteiger partial charge < -0.3 is 0 Å². The molecule has 0 spiro atoms. The topological polar surface area (TPSA) is 0 Å². The maximum absolute atomic E-state index is 2.27. The molecule has 0 aliphatic carbocycles. The van der Waals surface area contributed by atoms with Crippen LogP contribution in [0.25, 0.3) is 6.08 Å². The van der Waals surface area contributed by atoms with Gasteiger partial charge in [-0.3, -0.25) is 0 Å². The molecule has 0 saturated heterocycles. The van der Waals surface area contributed by atoms with Crippen molar-refractivity contribution in [3.8, 4) is 0 Å². The van der Waals surface area contributed by atoms with E-state index in [0.29, 0.717) is 11.8 Å². The summed E-state index contributed by atoms with van der Waals surface area (Å²) in [5.74, 6) is 1.24. The van der Waals surface area contributed by atoms with Crippen molar-refractivity contribution in [1.82, 2.24) is 0 Å². The first-order valence-corrected chi connectivity index (χ1v) is 5.37. The third kappa shape index (κ3) is 4.83. The fourth-order valence-corrected chi connectivity index (χ4v) is 1.33. The number of rotatable bonds is 3. The number of hydrogen-bond acceptors (Lipinski definition) is 0. The number of benzene rings is 1. The SMILES string of the molecule is C.CC(C)/C=C/c1cccc(C(C)C)c1. The van der Waals surface area contributed by atoms with Crippen molar-refractivity contribution < 1.29 is 0 Å². The Bertz CT molecular complexity index is 306. The smallest absolute Gasteiger partial charge is 0.0219 e. The minimum Gasteiger partial charge on any atom is -0.0814 e. The normalized spacial score (nSPS) is 11.1. The molecule has 1 aromatic rings. The lowest BCUT2D eigenvalue weighted by molar-refractivity contribution is 0.836. The third-order valence-electron chi connectivity index (χ3n) is 2.25. The van der Waals surface area contributed by atoms with Crippen LogP contribution in [-0.2, 0) is 0 Å². The van der Waals surface area contributed by atoms with E-state index < -0.39 is 0 Å². The zero-order valence-corrected chi connectivity index (χ0v) is 9.62. The van der Waals surface area contributed by atoms with Gasteiger partial charge in [-0.15, -0.1) is 0 Å². The van der Waals surface area contributed by atoms with Gasteiger partial charge in [0.1, 0.15) is 0 Å². The first kappa shape index (κ1) is 14.0. The summed E-state index contributed by atoms with van der Waals surface area (Å²) in [6, 6.07) is 8.75. The lowest BCUT2D eigenvalue weighted by Crippen LogP contribution is -1.87. The number of allylic oxidation sites excluding steroid dienone is 1. The summed E-state index contributed by atoms with van der Waals surface area (Å²) in [5.41, 5.74) is 2.72. The maximum Gasteiger partial charge on any atom is -0.0219 e. The van der Waals surface area contributed by atoms with Crippen LogP contribution < -0.4 is 0 Å². The van der Waals surface area contributed by atoms with Crippen molar-refractivity contribution in [3.63, 3.8) is 0 Å². The van der Waals surface area contributed by atoms with Gasteiger partial charge >= 0.3 is 0 Å². The zero-order chi connectivity index (χ0) is 10.6. The Kier molecular flexibility index (Phi) is 6.00. The molecule has 1 aromatic carbocycles. The summed E-state index contributed by atoms with van der Waals surface area (Å²) < 4.78 is 0. The van der Waals surface area contributed by atoms with Crippen LogP contribution in [0.3, 0.4) is 0 Å². The third-order valence-corrected chi connectivity index (χ3v) is 2.25. The summed E-state index contributed by atoms with van der Waals surface area (Å²) in [7, 11) is 0. The van der Waals surface area contributed by atoms with Crippen molar-refractivity contribution in [2.24, 2.45) is 5.92 Å². The molecule has 15 heavy (non-hydrogen) atoms. The maximum atomic E-state index is 2.27. The van der Waals surface area contributed by atoms with Crippen LogP contribution in [0.5, 0.6) is 0 Å². The van der Waals surface area contributed by atoms with Crippen molar-refractivity contribution in [1.29, 1.82) is 0 Å². The summed E-state index contributed by atoms with van der Waals surface area (Å²) in [6.45, 7) is 8.85. The Morgan fingerprint density at radius 1 is 1.07 bits per heavy atom. The Morgan fingerprint density at radius 2 is 1.73 bits per heavy atom. The minimum absolute atomic E-state index is 0. The second kappa shape index (κ2) is 6.44. The molecule has 0 atom stereocenters. The minimum atomic E-state index is 0. The molecule has 0 aliphatic rings. The van der Waals surface area contributed by atoms with Crippen LogP contribution in [0.2, 0.25) is 0 Å². The second-order valence-corrected chi connectivity index (χ2v) is 4.43. The van der Waals surface area contributed by atoms with Crippen LogP contribution in [0, 0.1) is 5.92 Å². The van der Waals surface area contributed by atoms with E-state index in [9.17, 15) is 0 Å². The molecule has 0 radical (unpaired) electrons. The molecule has 0 heteroatoms. The van der Waals surface area contributed by atoms with E-state index in [0.717, 1.165) is 0 Å². The van der Waals surface area contributed by atoms with Gasteiger partial charge in [0.15, 0.2) is 0 Å². The highest BCUT2D eigenvalue weighted by Crippen LogP contribution is 2.16. The average molecular weight is 204 g/mol. The average Bonchev–Trinajstić information content (AvgIpc) is 2.15. The monoisotopic (exact) mass is 204 g/mol. The lowest BCUT2D eigenvalue weighted by atomic mass is 10.0. The van der Waals surface area contributed by atoms with E-state index in [2.05, 4.69) is 64.1 Å². The second-order valence-electron chi connectivity index (χ2n) is 4.43. The molecular weight excluding hydrogens is 180 g/mol. The molecule has 0 heterocycles. The standard InChI is InChI=1S/C14H20.CH4/c1-11(2)8-9-13-6-5-7-14(10-13)12(3)4;/h5-12H,1-4H3;1H4/b9-8+;. The van der Waals surface area contributed by atoms with Crippen LogP contribution in [0.15, 0.2) is 30.3 Å². The largest absolute Gasteiger partial charge is 0.0814 e. The molecule has 0 aliphatic heterocycles. The summed E-state index contributed by atoms with van der Waals surface area (Å²) >= 11 is 0. The van der Waals surface area contributed by atoms with Crippen LogP contribution in [0.1, 0.15) is 52.2 Å². The summed E-state index contributed by atoms with van der Waals surface area (Å²) in [6.07, 6.45) is 4.44. The molecule has 0 bridgehead atoms. The Balaban J connectivity index is 0.00000196. The fraction of sp³-hybridized carbons (Fsp3) is 0.467. The Hall–Kier alpha value is -1.04. The first-order valence-electron chi connectivity index (χ1n) is 5.37. The van der Waals surface area contributed by atoms with Crippen molar-refractivity contribution in [3.05, 3.63) is 41.5 Å². The predicted octanol–water partition coefficient (Wildman–Crippen LogP) is 5.12. The molecule has 0 N–H and O–H groups in total. The molecule has 0 aromatic heterocycles. The molecule has 0 saturated carbocycles. The summed E-state index contributed by atoms with van der Waals surface area (Å²) in [5, 5.41) is 0. The molecule has 0 fully saturated rings. The highest BCUT2D eigenvalue weighted by atomic mass is 14.0. The molecule has 0 amide bonds. The molecule has 84 valence electrons. The van der Waals surface area contributed by atoms with Crippen molar-refractivity contribution in [2.45, 2.75) is 41.0 Å². The van der Waals surface area contributed by atoms with Crippen LogP contribution in [0.4, 0.5) is 0 Å². The highest BCUT2D eigenvalue weighted by molar-refractivity contribution is 5.50. The van der Waals surface area contributed by atoms with Crippen molar-refractivity contribution >= 4 is 6.08 Å². The van der Waals surface area contributed by atoms with E-state index in [-0.39, 0.29) is 7.43 Å². The van der Waals surface area contributed by atoms with E-state index in [1.165, 1.54) is 11.1 Å². The van der Waals surface area contributed by atoms with Gasteiger partial charge in [-0.1, -0.05) is 71.5 Å². The lowest BCUT2D eigenvalue weighted by Gasteiger charge is -2.05.